The summed E-state index contributed by atoms with van der Waals surface area (Å²) in [5.41, 5.74) is 2.98. The number of nitrogens with one attached hydrogen (secondary N) is 1. The highest BCUT2D eigenvalue weighted by Gasteiger charge is 2.31. The van der Waals surface area contributed by atoms with E-state index in [9.17, 15) is 13.2 Å². The summed E-state index contributed by atoms with van der Waals surface area (Å²) in [7, 11) is -1.12. The lowest BCUT2D eigenvalue weighted by Crippen LogP contribution is -2.38. The van der Waals surface area contributed by atoms with Crippen LogP contribution >= 0.6 is 0 Å². The molecular weight excluding hydrogens is 288 g/mol. The molecule has 1 heterocycles. The number of amides is 1. The summed E-state index contributed by atoms with van der Waals surface area (Å²) < 4.78 is 22.9. The second-order valence-corrected chi connectivity index (χ2v) is 8.13. The zero-order valence-corrected chi connectivity index (χ0v) is 13.5. The lowest BCUT2D eigenvalue weighted by atomic mass is 10.1. The first-order chi connectivity index (χ1) is 9.75. The van der Waals surface area contributed by atoms with Gasteiger partial charge in [-0.05, 0) is 50.6 Å². The predicted octanol–water partition coefficient (Wildman–Crippen LogP) is 1.36. The van der Waals surface area contributed by atoms with Gasteiger partial charge in [-0.2, -0.15) is 0 Å². The molecule has 1 amide bonds. The Bertz CT molecular complexity index is 620. The Morgan fingerprint density at radius 3 is 2.43 bits per heavy atom. The van der Waals surface area contributed by atoms with Crippen LogP contribution in [-0.4, -0.2) is 50.4 Å². The van der Waals surface area contributed by atoms with Crippen molar-refractivity contribution < 1.29 is 13.2 Å². The number of aryl methyl sites for hydroxylation is 2. The van der Waals surface area contributed by atoms with Gasteiger partial charge in [0, 0.05) is 11.7 Å². The number of hydrogen-bond donors (Lipinski definition) is 1. The smallest absolute Gasteiger partial charge is 0.238 e. The normalized spacial score (nSPS) is 20.7. The highest BCUT2D eigenvalue weighted by atomic mass is 32.2. The summed E-state index contributed by atoms with van der Waals surface area (Å²) in [6, 6.07) is 5.83. The van der Waals surface area contributed by atoms with Crippen LogP contribution in [0.2, 0.25) is 0 Å². The van der Waals surface area contributed by atoms with Gasteiger partial charge in [-0.15, -0.1) is 0 Å². The van der Waals surface area contributed by atoms with Crippen molar-refractivity contribution in [3.8, 4) is 0 Å². The molecule has 116 valence electrons. The van der Waals surface area contributed by atoms with Crippen molar-refractivity contribution in [3.63, 3.8) is 0 Å². The number of nitrogens with zero attached hydrogens (tertiary/aromatic N) is 1. The summed E-state index contributed by atoms with van der Waals surface area (Å²) in [5, 5.41) is 2.87. The van der Waals surface area contributed by atoms with E-state index in [0.717, 1.165) is 16.8 Å². The number of carbonyl (C=O) groups is 1. The van der Waals surface area contributed by atoms with E-state index in [1.54, 1.807) is 7.05 Å². The highest BCUT2D eigenvalue weighted by Crippen LogP contribution is 2.17. The maximum atomic E-state index is 12.1. The minimum absolute atomic E-state index is 0.0556. The van der Waals surface area contributed by atoms with E-state index < -0.39 is 9.84 Å². The van der Waals surface area contributed by atoms with Crippen molar-refractivity contribution in [2.45, 2.75) is 26.3 Å². The molecule has 1 aliphatic rings. The Morgan fingerprint density at radius 2 is 1.90 bits per heavy atom. The van der Waals surface area contributed by atoms with Gasteiger partial charge in [0.25, 0.3) is 0 Å². The van der Waals surface area contributed by atoms with E-state index in [2.05, 4.69) is 5.32 Å². The summed E-state index contributed by atoms with van der Waals surface area (Å²) in [6.45, 7) is 4.17. The second kappa shape index (κ2) is 6.15. The molecular formula is C15H22N2O3S. The first-order valence-corrected chi connectivity index (χ1v) is 8.86. The van der Waals surface area contributed by atoms with Crippen LogP contribution in [0.3, 0.4) is 0 Å². The summed E-state index contributed by atoms with van der Waals surface area (Å²) in [5.74, 6) is 0.257. The van der Waals surface area contributed by atoms with Crippen molar-refractivity contribution in [1.82, 2.24) is 4.90 Å². The molecule has 21 heavy (non-hydrogen) atoms. The van der Waals surface area contributed by atoms with E-state index in [1.165, 1.54) is 0 Å². The molecule has 0 aromatic heterocycles. The molecule has 0 spiro atoms. The van der Waals surface area contributed by atoms with Crippen LogP contribution in [0.25, 0.3) is 0 Å². The largest absolute Gasteiger partial charge is 0.325 e. The molecule has 1 aromatic carbocycles. The van der Waals surface area contributed by atoms with Crippen molar-refractivity contribution >= 4 is 21.4 Å². The van der Waals surface area contributed by atoms with E-state index >= 15 is 0 Å². The van der Waals surface area contributed by atoms with Gasteiger partial charge in [-0.3, -0.25) is 9.69 Å². The molecule has 1 fully saturated rings. The topological polar surface area (TPSA) is 66.5 Å². The van der Waals surface area contributed by atoms with Gasteiger partial charge in [0.1, 0.15) is 0 Å². The number of rotatable bonds is 4. The molecule has 6 heteroatoms. The van der Waals surface area contributed by atoms with Crippen molar-refractivity contribution in [1.29, 1.82) is 0 Å². The molecule has 2 rings (SSSR count). The zero-order chi connectivity index (χ0) is 15.6. The first kappa shape index (κ1) is 16.0. The van der Waals surface area contributed by atoms with Crippen molar-refractivity contribution in [2.75, 3.05) is 30.4 Å². The minimum Gasteiger partial charge on any atom is -0.325 e. The third kappa shape index (κ3) is 4.54. The van der Waals surface area contributed by atoms with Crippen LogP contribution in [-0.2, 0) is 14.6 Å². The summed E-state index contributed by atoms with van der Waals surface area (Å²) in [6.07, 6.45) is 0.607. The Balaban J connectivity index is 1.92. The van der Waals surface area contributed by atoms with E-state index in [4.69, 9.17) is 0 Å². The van der Waals surface area contributed by atoms with Crippen LogP contribution in [0, 0.1) is 13.8 Å². The fourth-order valence-electron chi connectivity index (χ4n) is 2.73. The fourth-order valence-corrected chi connectivity index (χ4v) is 4.53. The van der Waals surface area contributed by atoms with Crippen LogP contribution in [0.15, 0.2) is 18.2 Å². The molecule has 1 atom stereocenters. The van der Waals surface area contributed by atoms with E-state index in [0.29, 0.717) is 6.42 Å². The molecule has 0 radical (unpaired) electrons. The molecule has 0 saturated carbocycles. The Kier molecular flexibility index (Phi) is 4.68. The lowest BCUT2D eigenvalue weighted by Gasteiger charge is -2.22. The monoisotopic (exact) mass is 310 g/mol. The third-order valence-electron chi connectivity index (χ3n) is 3.73. The van der Waals surface area contributed by atoms with Gasteiger partial charge >= 0.3 is 0 Å². The third-order valence-corrected chi connectivity index (χ3v) is 5.48. The van der Waals surface area contributed by atoms with Crippen molar-refractivity contribution in [3.05, 3.63) is 29.3 Å². The Morgan fingerprint density at radius 1 is 1.29 bits per heavy atom. The molecule has 0 bridgehead atoms. The SMILES string of the molecule is Cc1cc(C)cc(NC(=O)CN(C)[C@@H]2CCS(=O)(=O)C2)c1. The minimum atomic E-state index is -2.92. The number of likely N-dealkylation sites (N-methyl/N-ethyl adjacent to an activating group) is 1. The van der Waals surface area contributed by atoms with Crippen LogP contribution in [0.5, 0.6) is 0 Å². The molecule has 0 aliphatic carbocycles. The molecule has 1 saturated heterocycles. The van der Waals surface area contributed by atoms with Gasteiger partial charge < -0.3 is 5.32 Å². The quantitative estimate of drug-likeness (QED) is 0.912. The van der Waals surface area contributed by atoms with Crippen LogP contribution in [0.4, 0.5) is 5.69 Å². The maximum Gasteiger partial charge on any atom is 0.238 e. The van der Waals surface area contributed by atoms with Gasteiger partial charge in [0.2, 0.25) is 5.91 Å². The number of anilines is 1. The average molecular weight is 310 g/mol. The number of hydrogen-bond acceptors (Lipinski definition) is 4. The Labute approximate surface area is 126 Å². The van der Waals surface area contributed by atoms with Crippen molar-refractivity contribution in [2.24, 2.45) is 0 Å². The van der Waals surface area contributed by atoms with Crippen LogP contribution in [0.1, 0.15) is 17.5 Å². The molecule has 5 nitrogen and oxygen atoms in total. The number of carbonyl (C=O) groups excluding carboxylic acids is 1. The van der Waals surface area contributed by atoms with Crippen LogP contribution < -0.4 is 5.32 Å². The highest BCUT2D eigenvalue weighted by molar-refractivity contribution is 7.91. The van der Waals surface area contributed by atoms with E-state index in [-0.39, 0.29) is 30.0 Å². The average Bonchev–Trinajstić information content (AvgIpc) is 2.68. The zero-order valence-electron chi connectivity index (χ0n) is 12.7. The van der Waals surface area contributed by atoms with Gasteiger partial charge in [0.05, 0.1) is 18.1 Å². The fraction of sp³-hybridized carbons (Fsp3) is 0.533. The van der Waals surface area contributed by atoms with Gasteiger partial charge in [-0.25, -0.2) is 8.42 Å². The summed E-state index contributed by atoms with van der Waals surface area (Å²) in [4.78, 5) is 13.9. The molecule has 1 N–H and O–H groups in total. The predicted molar refractivity (Wildman–Crippen MR) is 84.2 cm³/mol. The molecule has 1 aliphatic heterocycles. The number of sulfone groups is 1. The first-order valence-electron chi connectivity index (χ1n) is 7.04. The van der Waals surface area contributed by atoms with E-state index in [1.807, 2.05) is 36.9 Å². The standard InChI is InChI=1S/C15H22N2O3S/c1-11-6-12(2)8-13(7-11)16-15(18)9-17(3)14-4-5-21(19,20)10-14/h6-8,14H,4-5,9-10H2,1-3H3,(H,16,18)/t14-/m1/s1. The molecule has 1 aromatic rings. The van der Waals surface area contributed by atoms with Gasteiger partial charge in [-0.1, -0.05) is 6.07 Å². The summed E-state index contributed by atoms with van der Waals surface area (Å²) >= 11 is 0. The maximum absolute atomic E-state index is 12.1. The number of benzene rings is 1. The Hall–Kier alpha value is -1.40. The lowest BCUT2D eigenvalue weighted by molar-refractivity contribution is -0.117. The second-order valence-electron chi connectivity index (χ2n) is 5.90. The molecule has 0 unspecified atom stereocenters. The van der Waals surface area contributed by atoms with Gasteiger partial charge in [0.15, 0.2) is 9.84 Å².